The Bertz CT molecular complexity index is 574. The van der Waals surface area contributed by atoms with E-state index < -0.39 is 0 Å². The summed E-state index contributed by atoms with van der Waals surface area (Å²) in [6.07, 6.45) is 5.51. The molecule has 1 aliphatic heterocycles. The third kappa shape index (κ3) is 2.88. The second kappa shape index (κ2) is 5.88. The Morgan fingerprint density at radius 1 is 1.25 bits per heavy atom. The van der Waals surface area contributed by atoms with Gasteiger partial charge in [0.1, 0.15) is 0 Å². The van der Waals surface area contributed by atoms with E-state index in [-0.39, 0.29) is 5.91 Å². The first-order valence-electron chi connectivity index (χ1n) is 6.81. The van der Waals surface area contributed by atoms with Gasteiger partial charge in [-0.25, -0.2) is 0 Å². The van der Waals surface area contributed by atoms with Crippen LogP contribution in [-0.4, -0.2) is 28.9 Å². The summed E-state index contributed by atoms with van der Waals surface area (Å²) in [5.74, 6) is -0.114. The molecule has 1 amide bonds. The lowest BCUT2D eigenvalue weighted by Crippen LogP contribution is -2.19. The molecule has 3 rings (SSSR count). The van der Waals surface area contributed by atoms with Crippen molar-refractivity contribution < 1.29 is 9.53 Å². The van der Waals surface area contributed by atoms with Gasteiger partial charge in [0.25, 0.3) is 5.91 Å². The lowest BCUT2D eigenvalue weighted by molar-refractivity contribution is 0.0662. The second-order valence-electron chi connectivity index (χ2n) is 4.87. The minimum absolute atomic E-state index is 0.114. The molecule has 1 aromatic carbocycles. The molecule has 1 saturated heterocycles. The predicted molar refractivity (Wildman–Crippen MR) is 75.7 cm³/mol. The zero-order valence-corrected chi connectivity index (χ0v) is 11.2. The average molecular weight is 271 g/mol. The van der Waals surface area contributed by atoms with E-state index in [1.807, 2.05) is 29.1 Å². The van der Waals surface area contributed by atoms with Crippen molar-refractivity contribution in [2.45, 2.75) is 18.9 Å². The number of carbonyl (C=O) groups excluding carboxylic acids is 1. The zero-order valence-electron chi connectivity index (χ0n) is 11.2. The average Bonchev–Trinajstić information content (AvgIpc) is 2.97. The Hall–Kier alpha value is -2.14. The van der Waals surface area contributed by atoms with Crippen LogP contribution in [0.4, 0.5) is 5.69 Å². The maximum atomic E-state index is 12.0. The summed E-state index contributed by atoms with van der Waals surface area (Å²) in [5.41, 5.74) is 1.37. The smallest absolute Gasteiger partial charge is 0.255 e. The van der Waals surface area contributed by atoms with Gasteiger partial charge in [0.2, 0.25) is 0 Å². The highest BCUT2D eigenvalue weighted by Gasteiger charge is 2.17. The van der Waals surface area contributed by atoms with Gasteiger partial charge < -0.3 is 10.1 Å². The zero-order chi connectivity index (χ0) is 13.8. The second-order valence-corrected chi connectivity index (χ2v) is 4.87. The Morgan fingerprint density at radius 2 is 2.00 bits per heavy atom. The quantitative estimate of drug-likeness (QED) is 0.933. The van der Waals surface area contributed by atoms with Crippen molar-refractivity contribution in [2.75, 3.05) is 18.5 Å². The summed E-state index contributed by atoms with van der Waals surface area (Å²) in [4.78, 5) is 12.0. The molecule has 0 atom stereocenters. The highest BCUT2D eigenvalue weighted by Crippen LogP contribution is 2.21. The summed E-state index contributed by atoms with van der Waals surface area (Å²) in [7, 11) is 0. The highest BCUT2D eigenvalue weighted by molar-refractivity contribution is 6.04. The molecule has 0 radical (unpaired) electrons. The first kappa shape index (κ1) is 12.9. The van der Waals surface area contributed by atoms with Crippen LogP contribution in [0, 0.1) is 0 Å². The molecule has 2 aromatic rings. The van der Waals surface area contributed by atoms with Crippen LogP contribution in [0.15, 0.2) is 42.7 Å². The Morgan fingerprint density at radius 3 is 2.75 bits per heavy atom. The maximum absolute atomic E-state index is 12.0. The van der Waals surface area contributed by atoms with Crippen LogP contribution < -0.4 is 5.32 Å². The van der Waals surface area contributed by atoms with Crippen molar-refractivity contribution in [3.8, 4) is 0 Å². The van der Waals surface area contributed by atoms with Gasteiger partial charge >= 0.3 is 0 Å². The van der Waals surface area contributed by atoms with E-state index in [0.717, 1.165) is 31.7 Å². The summed E-state index contributed by atoms with van der Waals surface area (Å²) >= 11 is 0. The van der Waals surface area contributed by atoms with Gasteiger partial charge in [0.15, 0.2) is 0 Å². The molecule has 0 aliphatic carbocycles. The highest BCUT2D eigenvalue weighted by atomic mass is 16.5. The molecule has 5 heteroatoms. The Labute approximate surface area is 117 Å². The molecule has 0 unspecified atom stereocenters. The lowest BCUT2D eigenvalue weighted by Gasteiger charge is -2.22. The summed E-state index contributed by atoms with van der Waals surface area (Å²) in [5, 5.41) is 7.20. The van der Waals surface area contributed by atoms with E-state index in [1.165, 1.54) is 0 Å². The fraction of sp³-hybridized carbons (Fsp3) is 0.333. The largest absolute Gasteiger partial charge is 0.381 e. The molecule has 1 aromatic heterocycles. The number of hydrogen-bond donors (Lipinski definition) is 1. The minimum Gasteiger partial charge on any atom is -0.381 e. The van der Waals surface area contributed by atoms with Crippen LogP contribution in [0.2, 0.25) is 0 Å². The molecule has 2 heterocycles. The van der Waals surface area contributed by atoms with Gasteiger partial charge in [0, 0.05) is 25.0 Å². The van der Waals surface area contributed by atoms with Crippen molar-refractivity contribution in [3.05, 3.63) is 48.3 Å². The number of aromatic nitrogens is 2. The first-order chi connectivity index (χ1) is 9.83. The number of anilines is 1. The number of nitrogens with one attached hydrogen (secondary N) is 1. The van der Waals surface area contributed by atoms with Crippen LogP contribution in [0.5, 0.6) is 0 Å². The number of rotatable bonds is 3. The van der Waals surface area contributed by atoms with E-state index in [9.17, 15) is 4.79 Å². The number of amides is 1. The molecule has 1 aliphatic rings. The molecule has 1 N–H and O–H groups in total. The standard InChI is InChI=1S/C15H17N3O2/c19-15(12-4-2-1-3-5-12)17-13-10-16-18(11-13)14-6-8-20-9-7-14/h1-5,10-11,14H,6-9H2,(H,17,19). The number of carbonyl (C=O) groups is 1. The minimum atomic E-state index is -0.114. The normalized spacial score (nSPS) is 16.0. The fourth-order valence-corrected chi connectivity index (χ4v) is 2.34. The Balaban J connectivity index is 1.66. The van der Waals surface area contributed by atoms with Crippen LogP contribution in [0.25, 0.3) is 0 Å². The maximum Gasteiger partial charge on any atom is 0.255 e. The number of benzene rings is 1. The number of hydrogen-bond acceptors (Lipinski definition) is 3. The van der Waals surface area contributed by atoms with Crippen molar-refractivity contribution in [2.24, 2.45) is 0 Å². The molecule has 0 spiro atoms. The molecule has 0 saturated carbocycles. The Kier molecular flexibility index (Phi) is 3.78. The molecular weight excluding hydrogens is 254 g/mol. The van der Waals surface area contributed by atoms with Gasteiger partial charge in [-0.3, -0.25) is 9.48 Å². The summed E-state index contributed by atoms with van der Waals surface area (Å²) in [6.45, 7) is 1.55. The lowest BCUT2D eigenvalue weighted by atomic mass is 10.1. The SMILES string of the molecule is O=C(Nc1cnn(C2CCOCC2)c1)c1ccccc1. The third-order valence-corrected chi connectivity index (χ3v) is 3.46. The molecule has 1 fully saturated rings. The van der Waals surface area contributed by atoms with Gasteiger partial charge in [-0.15, -0.1) is 0 Å². The first-order valence-corrected chi connectivity index (χ1v) is 6.81. The van der Waals surface area contributed by atoms with E-state index in [0.29, 0.717) is 11.6 Å². The third-order valence-electron chi connectivity index (χ3n) is 3.46. The predicted octanol–water partition coefficient (Wildman–Crippen LogP) is 2.49. The van der Waals surface area contributed by atoms with Crippen LogP contribution >= 0.6 is 0 Å². The van der Waals surface area contributed by atoms with Crippen LogP contribution in [-0.2, 0) is 4.74 Å². The van der Waals surface area contributed by atoms with E-state index in [4.69, 9.17) is 4.74 Å². The monoisotopic (exact) mass is 271 g/mol. The topological polar surface area (TPSA) is 56.2 Å². The molecule has 5 nitrogen and oxygen atoms in total. The van der Waals surface area contributed by atoms with E-state index >= 15 is 0 Å². The fourth-order valence-electron chi connectivity index (χ4n) is 2.34. The number of nitrogens with zero attached hydrogens (tertiary/aromatic N) is 2. The van der Waals surface area contributed by atoms with Crippen molar-refractivity contribution >= 4 is 11.6 Å². The summed E-state index contributed by atoms with van der Waals surface area (Å²) in [6, 6.07) is 9.53. The van der Waals surface area contributed by atoms with Gasteiger partial charge in [-0.1, -0.05) is 18.2 Å². The van der Waals surface area contributed by atoms with E-state index in [2.05, 4.69) is 10.4 Å². The van der Waals surface area contributed by atoms with Crippen molar-refractivity contribution in [3.63, 3.8) is 0 Å². The van der Waals surface area contributed by atoms with Crippen LogP contribution in [0.1, 0.15) is 29.2 Å². The van der Waals surface area contributed by atoms with Gasteiger partial charge in [-0.05, 0) is 25.0 Å². The molecule has 0 bridgehead atoms. The molecule has 104 valence electrons. The molecule has 20 heavy (non-hydrogen) atoms. The molecular formula is C15H17N3O2. The van der Waals surface area contributed by atoms with Crippen LogP contribution in [0.3, 0.4) is 0 Å². The van der Waals surface area contributed by atoms with Gasteiger partial charge in [0.05, 0.1) is 17.9 Å². The van der Waals surface area contributed by atoms with Crippen molar-refractivity contribution in [1.82, 2.24) is 9.78 Å². The van der Waals surface area contributed by atoms with Gasteiger partial charge in [-0.2, -0.15) is 5.10 Å². The van der Waals surface area contributed by atoms with Crippen molar-refractivity contribution in [1.29, 1.82) is 0 Å². The van der Waals surface area contributed by atoms with E-state index in [1.54, 1.807) is 18.3 Å². The number of ether oxygens (including phenoxy) is 1. The summed E-state index contributed by atoms with van der Waals surface area (Å²) < 4.78 is 7.26.